The fourth-order valence-corrected chi connectivity index (χ4v) is 1.38. The van der Waals surface area contributed by atoms with Gasteiger partial charge < -0.3 is 10.5 Å². The fraction of sp³-hybridized carbons (Fsp3) is 0.400. The van der Waals surface area contributed by atoms with Gasteiger partial charge in [0.15, 0.2) is 0 Å². The maximum atomic E-state index is 12.4. The Bertz CT molecular complexity index is 497. The molecule has 4 nitrogen and oxygen atoms in total. The van der Waals surface area contributed by atoms with Crippen LogP contribution >= 0.6 is 0 Å². The topological polar surface area (TPSA) is 72.0 Å². The lowest BCUT2D eigenvalue weighted by Gasteiger charge is -2.24. The second-order valence-corrected chi connectivity index (χ2v) is 3.80. The van der Waals surface area contributed by atoms with Crippen LogP contribution < -0.4 is 10.5 Å². The largest absolute Gasteiger partial charge is 0.454 e. The molecule has 0 radical (unpaired) electrons. The standard InChI is InChI=1S/C10H9F6N3O/c1-4-2-3-19-7(5(4)6(17)18)20-8(9(11,12)13)10(14,15)16/h2-3,8H,1H3,(H3,17,18). The second kappa shape index (κ2) is 5.17. The Morgan fingerprint density at radius 3 is 2.15 bits per heavy atom. The zero-order valence-corrected chi connectivity index (χ0v) is 9.93. The number of nitrogens with zero attached hydrogens (tertiary/aromatic N) is 1. The fourth-order valence-electron chi connectivity index (χ4n) is 1.38. The van der Waals surface area contributed by atoms with E-state index in [1.54, 1.807) is 0 Å². The van der Waals surface area contributed by atoms with Crippen molar-refractivity contribution in [2.24, 2.45) is 5.73 Å². The molecular weight excluding hydrogens is 292 g/mol. The lowest BCUT2D eigenvalue weighted by Crippen LogP contribution is -2.47. The van der Waals surface area contributed by atoms with Gasteiger partial charge in [-0.15, -0.1) is 0 Å². The first kappa shape index (κ1) is 16.1. The van der Waals surface area contributed by atoms with E-state index in [1.807, 2.05) is 0 Å². The van der Waals surface area contributed by atoms with Crippen LogP contribution in [0, 0.1) is 12.3 Å². The van der Waals surface area contributed by atoms with Gasteiger partial charge in [-0.05, 0) is 18.6 Å². The molecule has 1 heterocycles. The van der Waals surface area contributed by atoms with Gasteiger partial charge in [0.2, 0.25) is 5.88 Å². The molecule has 1 aromatic rings. The van der Waals surface area contributed by atoms with E-state index in [0.717, 1.165) is 6.20 Å². The minimum atomic E-state index is -5.67. The number of hydrogen-bond donors (Lipinski definition) is 2. The van der Waals surface area contributed by atoms with Gasteiger partial charge >= 0.3 is 12.4 Å². The molecule has 0 aliphatic rings. The van der Waals surface area contributed by atoms with Gasteiger partial charge in [-0.25, -0.2) is 4.98 Å². The van der Waals surface area contributed by atoms with Crippen LogP contribution in [0.2, 0.25) is 0 Å². The number of nitrogens with one attached hydrogen (secondary N) is 1. The summed E-state index contributed by atoms with van der Waals surface area (Å²) in [6.07, 6.45) is -14.4. The van der Waals surface area contributed by atoms with Gasteiger partial charge in [-0.3, -0.25) is 5.41 Å². The number of amidine groups is 1. The third-order valence-corrected chi connectivity index (χ3v) is 2.22. The van der Waals surface area contributed by atoms with Gasteiger partial charge in [0.25, 0.3) is 6.10 Å². The maximum Gasteiger partial charge on any atom is 0.434 e. The smallest absolute Gasteiger partial charge is 0.434 e. The molecular formula is C10H9F6N3O. The molecule has 3 N–H and O–H groups in total. The highest BCUT2D eigenvalue weighted by Crippen LogP contribution is 2.36. The number of aryl methyl sites for hydroxylation is 1. The Balaban J connectivity index is 3.26. The van der Waals surface area contributed by atoms with E-state index in [0.29, 0.717) is 0 Å². The van der Waals surface area contributed by atoms with E-state index in [2.05, 4.69) is 9.72 Å². The van der Waals surface area contributed by atoms with Crippen molar-refractivity contribution in [2.45, 2.75) is 25.4 Å². The minimum Gasteiger partial charge on any atom is -0.454 e. The number of hydrogen-bond acceptors (Lipinski definition) is 3. The number of nitrogens with two attached hydrogens (primary N) is 1. The number of rotatable bonds is 3. The third kappa shape index (κ3) is 3.52. The molecule has 1 aromatic heterocycles. The number of pyridine rings is 1. The van der Waals surface area contributed by atoms with Crippen molar-refractivity contribution in [1.29, 1.82) is 5.41 Å². The van der Waals surface area contributed by atoms with Crippen LogP contribution in [0.5, 0.6) is 5.88 Å². The van der Waals surface area contributed by atoms with Crippen LogP contribution in [0.25, 0.3) is 0 Å². The van der Waals surface area contributed by atoms with Crippen molar-refractivity contribution < 1.29 is 31.1 Å². The number of nitrogen functional groups attached to an aromatic ring is 1. The molecule has 10 heteroatoms. The summed E-state index contributed by atoms with van der Waals surface area (Å²) in [5.74, 6) is -1.73. The van der Waals surface area contributed by atoms with E-state index in [-0.39, 0.29) is 5.56 Å². The molecule has 0 aromatic carbocycles. The summed E-state index contributed by atoms with van der Waals surface area (Å²) in [4.78, 5) is 3.28. The van der Waals surface area contributed by atoms with Crippen molar-refractivity contribution in [2.75, 3.05) is 0 Å². The van der Waals surface area contributed by atoms with Crippen LogP contribution in [0.4, 0.5) is 26.3 Å². The first-order valence-electron chi connectivity index (χ1n) is 5.04. The molecule has 1 rings (SSSR count). The predicted molar refractivity (Wildman–Crippen MR) is 56.5 cm³/mol. The number of alkyl halides is 6. The first-order chi connectivity index (χ1) is 8.94. The highest BCUT2D eigenvalue weighted by molar-refractivity contribution is 5.98. The minimum absolute atomic E-state index is 0.172. The molecule has 0 unspecified atom stereocenters. The van der Waals surface area contributed by atoms with E-state index >= 15 is 0 Å². The molecule has 0 spiro atoms. The molecule has 0 saturated carbocycles. The van der Waals surface area contributed by atoms with Crippen molar-refractivity contribution in [3.8, 4) is 5.88 Å². The Morgan fingerprint density at radius 2 is 1.75 bits per heavy atom. The first-order valence-corrected chi connectivity index (χ1v) is 5.04. The van der Waals surface area contributed by atoms with Gasteiger partial charge in [-0.1, -0.05) is 0 Å². The van der Waals surface area contributed by atoms with Crippen molar-refractivity contribution >= 4 is 5.84 Å². The molecule has 0 saturated heterocycles. The van der Waals surface area contributed by atoms with E-state index in [4.69, 9.17) is 11.1 Å². The normalized spacial score (nSPS) is 12.6. The molecule has 0 atom stereocenters. The molecule has 0 aliphatic heterocycles. The molecule has 0 bridgehead atoms. The summed E-state index contributed by atoms with van der Waals surface area (Å²) >= 11 is 0. The summed E-state index contributed by atoms with van der Waals surface area (Å²) in [6.45, 7) is 1.35. The SMILES string of the molecule is Cc1ccnc(OC(C(F)(F)F)C(F)(F)F)c1C(=N)N. The quantitative estimate of drug-likeness (QED) is 0.512. The summed E-state index contributed by atoms with van der Waals surface area (Å²) in [5, 5.41) is 7.17. The Kier molecular flexibility index (Phi) is 4.15. The van der Waals surface area contributed by atoms with Crippen LogP contribution in [0.1, 0.15) is 11.1 Å². The Labute approximate surface area is 109 Å². The van der Waals surface area contributed by atoms with E-state index in [1.165, 1.54) is 13.0 Å². The van der Waals surface area contributed by atoms with Crippen LogP contribution in [0.3, 0.4) is 0 Å². The summed E-state index contributed by atoms with van der Waals surface area (Å²) in [7, 11) is 0. The Hall–Kier alpha value is -2.00. The molecule has 112 valence electrons. The van der Waals surface area contributed by atoms with Gasteiger partial charge in [0.05, 0.1) is 5.56 Å². The average molecular weight is 301 g/mol. The van der Waals surface area contributed by atoms with Crippen LogP contribution in [-0.4, -0.2) is 29.3 Å². The molecule has 20 heavy (non-hydrogen) atoms. The molecule has 0 aliphatic carbocycles. The molecule has 0 fully saturated rings. The zero-order valence-electron chi connectivity index (χ0n) is 9.93. The molecule has 0 amide bonds. The van der Waals surface area contributed by atoms with Gasteiger partial charge in [-0.2, -0.15) is 26.3 Å². The maximum absolute atomic E-state index is 12.4. The summed E-state index contributed by atoms with van der Waals surface area (Å²) < 4.78 is 78.2. The number of halogens is 6. The predicted octanol–water partition coefficient (Wildman–Crippen LogP) is 2.55. The monoisotopic (exact) mass is 301 g/mol. The second-order valence-electron chi connectivity index (χ2n) is 3.80. The Morgan fingerprint density at radius 1 is 1.25 bits per heavy atom. The summed E-state index contributed by atoms with van der Waals surface area (Å²) in [6, 6.07) is 1.28. The highest BCUT2D eigenvalue weighted by Gasteiger charge is 2.59. The van der Waals surface area contributed by atoms with Crippen LogP contribution in [0.15, 0.2) is 12.3 Å². The highest BCUT2D eigenvalue weighted by atomic mass is 19.4. The number of ether oxygens (including phenoxy) is 1. The van der Waals surface area contributed by atoms with E-state index in [9.17, 15) is 26.3 Å². The average Bonchev–Trinajstić information content (AvgIpc) is 2.22. The van der Waals surface area contributed by atoms with Crippen molar-refractivity contribution in [1.82, 2.24) is 4.98 Å². The van der Waals surface area contributed by atoms with E-state index < -0.39 is 35.7 Å². The number of aromatic nitrogens is 1. The van der Waals surface area contributed by atoms with Gasteiger partial charge in [0, 0.05) is 6.20 Å². The third-order valence-electron chi connectivity index (χ3n) is 2.22. The lowest BCUT2D eigenvalue weighted by molar-refractivity contribution is -0.300. The van der Waals surface area contributed by atoms with Gasteiger partial charge in [0.1, 0.15) is 5.84 Å². The lowest BCUT2D eigenvalue weighted by atomic mass is 10.1. The van der Waals surface area contributed by atoms with Crippen molar-refractivity contribution in [3.63, 3.8) is 0 Å². The zero-order chi connectivity index (χ0) is 15.7. The van der Waals surface area contributed by atoms with Crippen molar-refractivity contribution in [3.05, 3.63) is 23.4 Å². The van der Waals surface area contributed by atoms with Crippen LogP contribution in [-0.2, 0) is 0 Å². The summed E-state index contributed by atoms with van der Waals surface area (Å²) in [5.41, 5.74) is 4.87.